The molecule has 0 saturated heterocycles. The Morgan fingerprint density at radius 3 is 2.57 bits per heavy atom. The van der Waals surface area contributed by atoms with Gasteiger partial charge in [-0.15, -0.1) is 0 Å². The maximum atomic E-state index is 12.7. The molecule has 3 aromatic rings. The maximum absolute atomic E-state index is 12.7. The lowest BCUT2D eigenvalue weighted by molar-refractivity contribution is -0.117. The molecule has 0 spiro atoms. The molecule has 0 radical (unpaired) electrons. The largest absolute Gasteiger partial charge is 0.497 e. The second kappa shape index (κ2) is 12.2. The van der Waals surface area contributed by atoms with Crippen molar-refractivity contribution in [3.63, 3.8) is 0 Å². The fourth-order valence-corrected chi connectivity index (χ4v) is 4.17. The lowest BCUT2D eigenvalue weighted by Gasteiger charge is -2.15. The second-order valence-electron chi connectivity index (χ2n) is 7.94. The first-order valence-corrected chi connectivity index (χ1v) is 12.3. The number of nitrogens with one attached hydrogen (secondary N) is 1. The molecule has 37 heavy (non-hydrogen) atoms. The number of rotatable bonds is 10. The highest BCUT2D eigenvalue weighted by atomic mass is 79.9. The minimum atomic E-state index is -0.476. The Morgan fingerprint density at radius 1 is 1.08 bits per heavy atom. The van der Waals surface area contributed by atoms with E-state index in [9.17, 15) is 10.1 Å². The van der Waals surface area contributed by atoms with Crippen molar-refractivity contribution in [3.8, 4) is 34.8 Å². The molecule has 1 amide bonds. The SMILES string of the molecule is CCOc1cc(/C=C(/C#N)C(=O)NCc2ccc(OC)cc2)cc(Br)c1OCc1ccc2c(c1)OCO2. The Morgan fingerprint density at radius 2 is 1.84 bits per heavy atom. The number of halogens is 1. The first-order chi connectivity index (χ1) is 18.0. The van der Waals surface area contributed by atoms with Gasteiger partial charge >= 0.3 is 0 Å². The van der Waals surface area contributed by atoms with E-state index in [0.29, 0.717) is 39.6 Å². The summed E-state index contributed by atoms with van der Waals surface area (Å²) in [7, 11) is 1.59. The molecular formula is C28H25BrN2O6. The summed E-state index contributed by atoms with van der Waals surface area (Å²) in [6, 6.07) is 18.4. The molecule has 1 heterocycles. The summed E-state index contributed by atoms with van der Waals surface area (Å²) < 4.78 is 28.4. The number of amides is 1. The highest BCUT2D eigenvalue weighted by molar-refractivity contribution is 9.10. The zero-order valence-corrected chi connectivity index (χ0v) is 22.0. The predicted molar refractivity (Wildman–Crippen MR) is 141 cm³/mol. The van der Waals surface area contributed by atoms with Crippen molar-refractivity contribution in [1.29, 1.82) is 5.26 Å². The maximum Gasteiger partial charge on any atom is 0.262 e. The molecule has 4 rings (SSSR count). The van der Waals surface area contributed by atoms with Gasteiger partial charge in [0, 0.05) is 6.54 Å². The van der Waals surface area contributed by atoms with E-state index in [0.717, 1.165) is 16.9 Å². The lowest BCUT2D eigenvalue weighted by atomic mass is 10.1. The Labute approximate surface area is 223 Å². The molecule has 0 aromatic heterocycles. The number of nitrogens with zero attached hydrogens (tertiary/aromatic N) is 1. The van der Waals surface area contributed by atoms with E-state index in [1.54, 1.807) is 19.2 Å². The van der Waals surface area contributed by atoms with Crippen LogP contribution in [0.1, 0.15) is 23.6 Å². The van der Waals surface area contributed by atoms with Crippen molar-refractivity contribution in [2.45, 2.75) is 20.1 Å². The number of hydrogen-bond donors (Lipinski definition) is 1. The molecule has 190 valence electrons. The minimum Gasteiger partial charge on any atom is -0.497 e. The number of ether oxygens (including phenoxy) is 5. The zero-order valence-electron chi connectivity index (χ0n) is 20.4. The van der Waals surface area contributed by atoms with Crippen LogP contribution in [0.2, 0.25) is 0 Å². The van der Waals surface area contributed by atoms with E-state index < -0.39 is 5.91 Å². The number of methoxy groups -OCH3 is 1. The van der Waals surface area contributed by atoms with Crippen LogP contribution in [0.15, 0.2) is 64.6 Å². The fourth-order valence-electron chi connectivity index (χ4n) is 3.60. The first-order valence-electron chi connectivity index (χ1n) is 11.5. The Balaban J connectivity index is 1.48. The fraction of sp³-hybridized carbons (Fsp3) is 0.214. The number of fused-ring (bicyclic) bond motifs is 1. The van der Waals surface area contributed by atoms with Crippen molar-refractivity contribution in [2.24, 2.45) is 0 Å². The molecule has 0 unspecified atom stereocenters. The molecule has 9 heteroatoms. The standard InChI is InChI=1S/C28H25BrN2O6/c1-3-34-26-13-20(10-21(14-30)28(32)31-15-18-4-7-22(33-2)8-5-18)11-23(29)27(26)35-16-19-6-9-24-25(12-19)37-17-36-24/h4-13H,3,15-17H2,1-2H3,(H,31,32)/b21-10-. The molecule has 3 aromatic carbocycles. The normalized spacial score (nSPS) is 12.0. The Bertz CT molecular complexity index is 1350. The molecule has 1 aliphatic heterocycles. The van der Waals surface area contributed by atoms with Crippen molar-refractivity contribution < 1.29 is 28.5 Å². The molecule has 0 fully saturated rings. The van der Waals surface area contributed by atoms with E-state index in [1.807, 2.05) is 55.5 Å². The lowest BCUT2D eigenvalue weighted by Crippen LogP contribution is -2.23. The summed E-state index contributed by atoms with van der Waals surface area (Å²) in [6.45, 7) is 3.04. The van der Waals surface area contributed by atoms with Crippen LogP contribution >= 0.6 is 15.9 Å². The molecule has 0 bridgehead atoms. The van der Waals surface area contributed by atoms with Crippen LogP contribution in [0.3, 0.4) is 0 Å². The highest BCUT2D eigenvalue weighted by Gasteiger charge is 2.17. The third kappa shape index (κ3) is 6.54. The summed E-state index contributed by atoms with van der Waals surface area (Å²) in [5, 5.41) is 12.4. The average Bonchev–Trinajstić information content (AvgIpc) is 3.38. The smallest absolute Gasteiger partial charge is 0.262 e. The van der Waals surface area contributed by atoms with Crippen LogP contribution < -0.4 is 29.0 Å². The summed E-state index contributed by atoms with van der Waals surface area (Å²) in [5.74, 6) is 2.64. The number of hydrogen-bond acceptors (Lipinski definition) is 7. The third-order valence-electron chi connectivity index (χ3n) is 5.44. The van der Waals surface area contributed by atoms with Gasteiger partial charge < -0.3 is 29.0 Å². The van der Waals surface area contributed by atoms with Gasteiger partial charge in [-0.05, 0) is 82.0 Å². The molecule has 1 aliphatic rings. The van der Waals surface area contributed by atoms with Crippen LogP contribution in [-0.4, -0.2) is 26.4 Å². The summed E-state index contributed by atoms with van der Waals surface area (Å²) in [5.41, 5.74) is 2.37. The molecule has 1 N–H and O–H groups in total. The van der Waals surface area contributed by atoms with Gasteiger partial charge in [-0.25, -0.2) is 0 Å². The van der Waals surface area contributed by atoms with Crippen molar-refractivity contribution in [3.05, 3.63) is 81.3 Å². The van der Waals surface area contributed by atoms with E-state index in [2.05, 4.69) is 21.2 Å². The highest BCUT2D eigenvalue weighted by Crippen LogP contribution is 2.39. The van der Waals surface area contributed by atoms with Crippen LogP contribution in [0.5, 0.6) is 28.7 Å². The number of carbonyl (C=O) groups excluding carboxylic acids is 1. The number of carbonyl (C=O) groups is 1. The summed E-state index contributed by atoms with van der Waals surface area (Å²) in [4.78, 5) is 12.7. The van der Waals surface area contributed by atoms with E-state index in [4.69, 9.17) is 23.7 Å². The van der Waals surface area contributed by atoms with Gasteiger partial charge in [-0.3, -0.25) is 4.79 Å². The van der Waals surface area contributed by atoms with Gasteiger partial charge in [-0.2, -0.15) is 5.26 Å². The van der Waals surface area contributed by atoms with Gasteiger partial charge in [0.25, 0.3) is 5.91 Å². The van der Waals surface area contributed by atoms with Gasteiger partial charge in [0.05, 0.1) is 18.2 Å². The van der Waals surface area contributed by atoms with Crippen LogP contribution in [-0.2, 0) is 17.9 Å². The average molecular weight is 565 g/mol. The van der Waals surface area contributed by atoms with Gasteiger partial charge in [0.1, 0.15) is 24.0 Å². The summed E-state index contributed by atoms with van der Waals surface area (Å²) in [6.07, 6.45) is 1.51. The third-order valence-corrected chi connectivity index (χ3v) is 6.03. The van der Waals surface area contributed by atoms with Gasteiger partial charge in [0.15, 0.2) is 23.0 Å². The van der Waals surface area contributed by atoms with E-state index in [1.165, 1.54) is 6.08 Å². The van der Waals surface area contributed by atoms with Crippen molar-refractivity contribution in [2.75, 3.05) is 20.5 Å². The van der Waals surface area contributed by atoms with Gasteiger partial charge in [-0.1, -0.05) is 18.2 Å². The minimum absolute atomic E-state index is 0.0307. The summed E-state index contributed by atoms with van der Waals surface area (Å²) >= 11 is 3.54. The Kier molecular flexibility index (Phi) is 8.54. The first kappa shape index (κ1) is 25.9. The quantitative estimate of drug-likeness (QED) is 0.260. The Hall–Kier alpha value is -4.16. The molecular weight excluding hydrogens is 540 g/mol. The van der Waals surface area contributed by atoms with Crippen LogP contribution in [0.4, 0.5) is 0 Å². The van der Waals surface area contributed by atoms with Crippen LogP contribution in [0, 0.1) is 11.3 Å². The molecule has 0 atom stereocenters. The molecule has 0 saturated carbocycles. The monoisotopic (exact) mass is 564 g/mol. The van der Waals surface area contributed by atoms with Gasteiger partial charge in [0.2, 0.25) is 6.79 Å². The predicted octanol–water partition coefficient (Wildman–Crippen LogP) is 5.39. The van der Waals surface area contributed by atoms with Crippen LogP contribution in [0.25, 0.3) is 6.08 Å². The molecule has 0 aliphatic carbocycles. The topological polar surface area (TPSA) is 99.0 Å². The van der Waals surface area contributed by atoms with Crippen molar-refractivity contribution >= 4 is 27.9 Å². The molecule has 8 nitrogen and oxygen atoms in total. The van der Waals surface area contributed by atoms with Crippen molar-refractivity contribution in [1.82, 2.24) is 5.32 Å². The second-order valence-corrected chi connectivity index (χ2v) is 8.79. The zero-order chi connectivity index (χ0) is 26.2. The number of nitriles is 1. The van der Waals surface area contributed by atoms with E-state index in [-0.39, 0.29) is 25.5 Å². The van der Waals surface area contributed by atoms with E-state index >= 15 is 0 Å². The number of benzene rings is 3.